The Labute approximate surface area is 142 Å². The summed E-state index contributed by atoms with van der Waals surface area (Å²) in [5, 5.41) is 25.7. The van der Waals surface area contributed by atoms with Gasteiger partial charge < -0.3 is 9.52 Å². The summed E-state index contributed by atoms with van der Waals surface area (Å²) < 4.78 is 5.24. The summed E-state index contributed by atoms with van der Waals surface area (Å²) in [6.07, 6.45) is 1.34. The van der Waals surface area contributed by atoms with E-state index in [0.29, 0.717) is 22.2 Å². The SMILES string of the molecule is O=[N+]([O-])CC(=Nc1ccccc1)NN=Cc1oc(O)c2ccccc12. The molecule has 0 aliphatic heterocycles. The molecular weight excluding hydrogens is 324 g/mol. The molecule has 0 bridgehead atoms. The molecule has 3 rings (SSSR count). The quantitative estimate of drug-likeness (QED) is 0.321. The number of amidine groups is 1. The van der Waals surface area contributed by atoms with Crippen molar-refractivity contribution in [3.8, 4) is 5.95 Å². The topological polar surface area (TPSA) is 113 Å². The van der Waals surface area contributed by atoms with Gasteiger partial charge >= 0.3 is 0 Å². The predicted molar refractivity (Wildman–Crippen MR) is 94.0 cm³/mol. The molecule has 8 nitrogen and oxygen atoms in total. The number of fused-ring (bicyclic) bond motifs is 1. The van der Waals surface area contributed by atoms with Crippen LogP contribution in [0.4, 0.5) is 5.69 Å². The van der Waals surface area contributed by atoms with Crippen molar-refractivity contribution in [2.24, 2.45) is 10.1 Å². The van der Waals surface area contributed by atoms with Gasteiger partial charge in [0.15, 0.2) is 11.6 Å². The Morgan fingerprint density at radius 1 is 1.16 bits per heavy atom. The normalized spacial score (nSPS) is 11.9. The van der Waals surface area contributed by atoms with Gasteiger partial charge in [0.2, 0.25) is 0 Å². The number of aromatic hydroxyl groups is 1. The Morgan fingerprint density at radius 3 is 2.56 bits per heavy atom. The van der Waals surface area contributed by atoms with Crippen molar-refractivity contribution in [2.75, 3.05) is 6.54 Å². The van der Waals surface area contributed by atoms with Crippen LogP contribution in [0.25, 0.3) is 10.8 Å². The van der Waals surface area contributed by atoms with E-state index in [4.69, 9.17) is 4.42 Å². The number of rotatable bonds is 5. The maximum absolute atomic E-state index is 10.8. The van der Waals surface area contributed by atoms with E-state index in [1.165, 1.54) is 6.21 Å². The van der Waals surface area contributed by atoms with Gasteiger partial charge in [0.1, 0.15) is 0 Å². The minimum Gasteiger partial charge on any atom is -0.480 e. The number of para-hydroxylation sites is 1. The fourth-order valence-corrected chi connectivity index (χ4v) is 2.24. The zero-order chi connectivity index (χ0) is 17.6. The number of aliphatic imine (C=N–C) groups is 1. The third kappa shape index (κ3) is 3.99. The van der Waals surface area contributed by atoms with Crippen LogP contribution in [0, 0.1) is 10.1 Å². The Hall–Kier alpha value is -3.68. The van der Waals surface area contributed by atoms with E-state index in [0.717, 1.165) is 0 Å². The molecule has 0 atom stereocenters. The van der Waals surface area contributed by atoms with Crippen LogP contribution in [0.5, 0.6) is 5.95 Å². The lowest BCUT2D eigenvalue weighted by atomic mass is 10.2. The van der Waals surface area contributed by atoms with Crippen molar-refractivity contribution in [1.82, 2.24) is 5.43 Å². The zero-order valence-electron chi connectivity index (χ0n) is 13.0. The van der Waals surface area contributed by atoms with Gasteiger partial charge in [-0.1, -0.05) is 36.4 Å². The molecule has 0 saturated carbocycles. The molecule has 126 valence electrons. The Kier molecular flexibility index (Phi) is 4.70. The molecule has 1 aromatic heterocycles. The first kappa shape index (κ1) is 16.2. The second-order valence-corrected chi connectivity index (χ2v) is 5.07. The number of nitrogens with zero attached hydrogens (tertiary/aromatic N) is 3. The van der Waals surface area contributed by atoms with E-state index in [1.54, 1.807) is 48.5 Å². The highest BCUT2D eigenvalue weighted by atomic mass is 16.6. The largest absolute Gasteiger partial charge is 0.480 e. The van der Waals surface area contributed by atoms with E-state index in [1.807, 2.05) is 6.07 Å². The van der Waals surface area contributed by atoms with Crippen LogP contribution in [0.15, 0.2) is 69.1 Å². The van der Waals surface area contributed by atoms with Crippen molar-refractivity contribution in [3.63, 3.8) is 0 Å². The van der Waals surface area contributed by atoms with Crippen LogP contribution in [-0.4, -0.2) is 28.6 Å². The maximum atomic E-state index is 10.8. The molecular formula is C17H14N4O4. The molecule has 3 aromatic rings. The van der Waals surface area contributed by atoms with E-state index in [-0.39, 0.29) is 11.8 Å². The Morgan fingerprint density at radius 2 is 1.84 bits per heavy atom. The summed E-state index contributed by atoms with van der Waals surface area (Å²) in [7, 11) is 0. The van der Waals surface area contributed by atoms with Gasteiger partial charge in [-0.25, -0.2) is 4.99 Å². The van der Waals surface area contributed by atoms with Crippen LogP contribution in [-0.2, 0) is 0 Å². The van der Waals surface area contributed by atoms with Crippen molar-refractivity contribution >= 4 is 28.5 Å². The highest BCUT2D eigenvalue weighted by Crippen LogP contribution is 2.29. The molecule has 0 unspecified atom stereocenters. The van der Waals surface area contributed by atoms with Crippen LogP contribution >= 0.6 is 0 Å². The molecule has 2 N–H and O–H groups in total. The molecule has 0 saturated heterocycles. The van der Waals surface area contributed by atoms with E-state index >= 15 is 0 Å². The van der Waals surface area contributed by atoms with Crippen LogP contribution in [0.1, 0.15) is 5.76 Å². The molecule has 2 aromatic carbocycles. The fraction of sp³-hybridized carbons (Fsp3) is 0.0588. The van der Waals surface area contributed by atoms with Crippen molar-refractivity contribution in [3.05, 3.63) is 70.5 Å². The van der Waals surface area contributed by atoms with Gasteiger partial charge in [-0.15, -0.1) is 0 Å². The minimum atomic E-state index is -0.504. The Balaban J connectivity index is 1.81. The van der Waals surface area contributed by atoms with E-state index in [9.17, 15) is 15.2 Å². The van der Waals surface area contributed by atoms with Gasteiger partial charge in [0.25, 0.3) is 12.5 Å². The average molecular weight is 338 g/mol. The van der Waals surface area contributed by atoms with Crippen LogP contribution in [0.2, 0.25) is 0 Å². The minimum absolute atomic E-state index is 0.0764. The second kappa shape index (κ2) is 7.26. The molecule has 0 aliphatic carbocycles. The van der Waals surface area contributed by atoms with Crippen molar-refractivity contribution in [1.29, 1.82) is 0 Å². The van der Waals surface area contributed by atoms with Crippen LogP contribution in [0.3, 0.4) is 0 Å². The number of hydrogen-bond acceptors (Lipinski definition) is 6. The molecule has 0 aliphatic rings. The van der Waals surface area contributed by atoms with Gasteiger partial charge in [0, 0.05) is 10.3 Å². The van der Waals surface area contributed by atoms with Gasteiger partial charge in [0.05, 0.1) is 17.3 Å². The lowest BCUT2D eigenvalue weighted by molar-refractivity contribution is -0.463. The highest BCUT2D eigenvalue weighted by molar-refractivity contribution is 6.00. The summed E-state index contributed by atoms with van der Waals surface area (Å²) in [6.45, 7) is -0.504. The molecule has 0 fully saturated rings. The summed E-state index contributed by atoms with van der Waals surface area (Å²) in [4.78, 5) is 14.5. The summed E-state index contributed by atoms with van der Waals surface area (Å²) >= 11 is 0. The highest BCUT2D eigenvalue weighted by Gasteiger charge is 2.10. The molecule has 1 heterocycles. The smallest absolute Gasteiger partial charge is 0.290 e. The monoisotopic (exact) mass is 338 g/mol. The first-order valence-electron chi connectivity index (χ1n) is 7.37. The number of hydrogen-bond donors (Lipinski definition) is 2. The molecule has 8 heteroatoms. The number of nitro groups is 1. The zero-order valence-corrected chi connectivity index (χ0v) is 13.0. The molecule has 25 heavy (non-hydrogen) atoms. The predicted octanol–water partition coefficient (Wildman–Crippen LogP) is 3.07. The van der Waals surface area contributed by atoms with Crippen molar-refractivity contribution in [2.45, 2.75) is 0 Å². The number of furan rings is 1. The maximum Gasteiger partial charge on any atom is 0.290 e. The van der Waals surface area contributed by atoms with E-state index in [2.05, 4.69) is 15.5 Å². The lowest BCUT2D eigenvalue weighted by Crippen LogP contribution is -2.26. The third-order valence-corrected chi connectivity index (χ3v) is 3.30. The summed E-state index contributed by atoms with van der Waals surface area (Å²) in [5.74, 6) is 0.203. The standard InChI is InChI=1S/C17H14N4O4/c22-17-14-9-5-4-8-13(14)15(25-17)10-18-20-16(11-21(23)24)19-12-6-2-1-3-7-12/h1-10,22H,11H2,(H,19,20). The first-order valence-corrected chi connectivity index (χ1v) is 7.37. The lowest BCUT2D eigenvalue weighted by Gasteiger charge is -2.01. The van der Waals surface area contributed by atoms with Gasteiger partial charge in [-0.3, -0.25) is 15.5 Å². The second-order valence-electron chi connectivity index (χ2n) is 5.07. The van der Waals surface area contributed by atoms with E-state index < -0.39 is 11.5 Å². The number of benzene rings is 2. The molecule has 0 amide bonds. The van der Waals surface area contributed by atoms with Gasteiger partial charge in [-0.2, -0.15) is 5.10 Å². The average Bonchev–Trinajstić information content (AvgIpc) is 2.92. The van der Waals surface area contributed by atoms with Gasteiger partial charge in [-0.05, 0) is 18.2 Å². The molecule has 0 radical (unpaired) electrons. The summed E-state index contributed by atoms with van der Waals surface area (Å²) in [6, 6.07) is 15.9. The molecule has 0 spiro atoms. The first-order chi connectivity index (χ1) is 12.1. The Bertz CT molecular complexity index is 948. The van der Waals surface area contributed by atoms with Crippen molar-refractivity contribution < 1.29 is 14.4 Å². The number of hydrazone groups is 1. The summed E-state index contributed by atoms with van der Waals surface area (Å²) in [5.41, 5.74) is 3.13. The number of nitrogens with one attached hydrogen (secondary N) is 1. The third-order valence-electron chi connectivity index (χ3n) is 3.30. The fourth-order valence-electron chi connectivity index (χ4n) is 2.24. The van der Waals surface area contributed by atoms with Crippen LogP contribution < -0.4 is 5.43 Å².